The molecule has 0 radical (unpaired) electrons. The van der Waals surface area contributed by atoms with Crippen LogP contribution in [-0.4, -0.2) is 15.6 Å². The number of hydrogen-bond donors (Lipinski definition) is 1. The highest BCUT2D eigenvalue weighted by Gasteiger charge is 2.19. The van der Waals surface area contributed by atoms with E-state index >= 15 is 0 Å². The number of nitrogens with zero attached hydrogens (tertiary/aromatic N) is 1. The number of hydrogen-bond acceptors (Lipinski definition) is 1. The summed E-state index contributed by atoms with van der Waals surface area (Å²) in [5.41, 5.74) is 3.48. The van der Waals surface area contributed by atoms with Crippen LogP contribution in [-0.2, 0) is 6.54 Å². The van der Waals surface area contributed by atoms with E-state index in [-0.39, 0.29) is 0 Å². The van der Waals surface area contributed by atoms with Gasteiger partial charge in [-0.25, -0.2) is 4.79 Å². The van der Waals surface area contributed by atoms with Gasteiger partial charge in [-0.1, -0.05) is 25.1 Å². The molecule has 1 aromatic carbocycles. The summed E-state index contributed by atoms with van der Waals surface area (Å²) in [5.74, 6) is -0.841. The van der Waals surface area contributed by atoms with E-state index in [4.69, 9.17) is 0 Å². The number of aromatic nitrogens is 1. The molecule has 0 aliphatic carbocycles. The first-order valence-corrected chi connectivity index (χ1v) is 5.89. The molecule has 1 aromatic heterocycles. The maximum absolute atomic E-state index is 11.4. The van der Waals surface area contributed by atoms with Crippen LogP contribution in [0.4, 0.5) is 0 Å². The van der Waals surface area contributed by atoms with Gasteiger partial charge in [0.25, 0.3) is 0 Å². The average Bonchev–Trinajstić information content (AvgIpc) is 2.54. The lowest BCUT2D eigenvalue weighted by Crippen LogP contribution is -2.09. The Kier molecular flexibility index (Phi) is 2.92. The van der Waals surface area contributed by atoms with E-state index in [1.54, 1.807) is 0 Å². The molecule has 0 spiro atoms. The van der Waals surface area contributed by atoms with Crippen LogP contribution < -0.4 is 0 Å². The number of benzene rings is 1. The van der Waals surface area contributed by atoms with Gasteiger partial charge in [0.05, 0.1) is 5.52 Å². The lowest BCUT2D eigenvalue weighted by molar-refractivity contribution is 0.0685. The quantitative estimate of drug-likeness (QED) is 0.880. The smallest absolute Gasteiger partial charge is 0.352 e. The minimum Gasteiger partial charge on any atom is -0.477 e. The van der Waals surface area contributed by atoms with E-state index in [1.807, 2.05) is 36.6 Å². The van der Waals surface area contributed by atoms with Crippen LogP contribution >= 0.6 is 0 Å². The van der Waals surface area contributed by atoms with Gasteiger partial charge in [0.1, 0.15) is 5.69 Å². The first-order chi connectivity index (χ1) is 8.07. The van der Waals surface area contributed by atoms with Crippen molar-refractivity contribution < 1.29 is 9.90 Å². The summed E-state index contributed by atoms with van der Waals surface area (Å²) in [6.45, 7) is 6.72. The molecule has 0 aliphatic rings. The zero-order valence-electron chi connectivity index (χ0n) is 10.4. The van der Waals surface area contributed by atoms with Crippen molar-refractivity contribution in [2.75, 3.05) is 0 Å². The van der Waals surface area contributed by atoms with Crippen molar-refractivity contribution in [1.82, 2.24) is 4.57 Å². The second-order valence-electron chi connectivity index (χ2n) is 4.40. The Labute approximate surface area is 101 Å². The van der Waals surface area contributed by atoms with E-state index in [1.165, 1.54) is 0 Å². The van der Waals surface area contributed by atoms with Gasteiger partial charge in [0.15, 0.2) is 0 Å². The van der Waals surface area contributed by atoms with Crippen molar-refractivity contribution in [3.8, 4) is 0 Å². The Bertz CT molecular complexity index is 581. The summed E-state index contributed by atoms with van der Waals surface area (Å²) in [5, 5.41) is 10.4. The van der Waals surface area contributed by atoms with Gasteiger partial charge < -0.3 is 9.67 Å². The number of aryl methyl sites for hydroxylation is 3. The molecule has 0 atom stereocenters. The summed E-state index contributed by atoms with van der Waals surface area (Å²) in [6, 6.07) is 6.00. The minimum absolute atomic E-state index is 0.427. The molecular formula is C14H17NO2. The zero-order valence-corrected chi connectivity index (χ0v) is 10.4. The molecule has 90 valence electrons. The van der Waals surface area contributed by atoms with E-state index in [2.05, 4.69) is 6.92 Å². The Hall–Kier alpha value is -1.77. The summed E-state index contributed by atoms with van der Waals surface area (Å²) in [4.78, 5) is 11.4. The molecule has 2 rings (SSSR count). The molecule has 0 aliphatic heterocycles. The molecular weight excluding hydrogens is 214 g/mol. The van der Waals surface area contributed by atoms with Gasteiger partial charge in [-0.2, -0.15) is 0 Å². The predicted molar refractivity (Wildman–Crippen MR) is 68.7 cm³/mol. The fourth-order valence-electron chi connectivity index (χ4n) is 2.48. The van der Waals surface area contributed by atoms with E-state index in [9.17, 15) is 9.90 Å². The first kappa shape index (κ1) is 11.7. The third-order valence-electron chi connectivity index (χ3n) is 3.19. The summed E-state index contributed by atoms with van der Waals surface area (Å²) in [7, 11) is 0. The number of para-hydroxylation sites is 1. The average molecular weight is 231 g/mol. The standard InChI is InChI=1S/C14H17NO2/c1-4-8-15-12-9(2)6-5-7-11(12)10(3)13(15)14(16)17/h5-7H,4,8H2,1-3H3,(H,16,17). The highest BCUT2D eigenvalue weighted by atomic mass is 16.4. The molecule has 1 heterocycles. The Balaban J connectivity index is 2.88. The van der Waals surface area contributed by atoms with Crippen molar-refractivity contribution in [3.63, 3.8) is 0 Å². The number of rotatable bonds is 3. The van der Waals surface area contributed by atoms with Crippen molar-refractivity contribution in [2.45, 2.75) is 33.7 Å². The van der Waals surface area contributed by atoms with Crippen molar-refractivity contribution in [2.24, 2.45) is 0 Å². The van der Waals surface area contributed by atoms with Crippen LogP contribution in [0, 0.1) is 13.8 Å². The molecule has 0 fully saturated rings. The normalized spacial score (nSPS) is 11.0. The molecule has 0 unspecified atom stereocenters. The van der Waals surface area contributed by atoms with Gasteiger partial charge in [0.2, 0.25) is 0 Å². The number of carboxylic acids is 1. The lowest BCUT2D eigenvalue weighted by atomic mass is 10.1. The monoisotopic (exact) mass is 231 g/mol. The molecule has 0 bridgehead atoms. The van der Waals surface area contributed by atoms with Crippen LogP contribution in [0.2, 0.25) is 0 Å². The van der Waals surface area contributed by atoms with Crippen LogP contribution in [0.5, 0.6) is 0 Å². The number of carbonyl (C=O) groups is 1. The predicted octanol–water partition coefficient (Wildman–Crippen LogP) is 3.37. The summed E-state index contributed by atoms with van der Waals surface area (Å²) >= 11 is 0. The van der Waals surface area contributed by atoms with Gasteiger partial charge in [0, 0.05) is 11.9 Å². The van der Waals surface area contributed by atoms with Gasteiger partial charge >= 0.3 is 5.97 Å². The maximum atomic E-state index is 11.4. The molecule has 3 nitrogen and oxygen atoms in total. The molecule has 17 heavy (non-hydrogen) atoms. The topological polar surface area (TPSA) is 42.2 Å². The highest BCUT2D eigenvalue weighted by Crippen LogP contribution is 2.28. The van der Waals surface area contributed by atoms with Gasteiger partial charge in [-0.05, 0) is 31.4 Å². The van der Waals surface area contributed by atoms with Gasteiger partial charge in [-0.3, -0.25) is 0 Å². The Morgan fingerprint density at radius 2 is 2.06 bits per heavy atom. The zero-order chi connectivity index (χ0) is 12.6. The second kappa shape index (κ2) is 4.24. The van der Waals surface area contributed by atoms with E-state index in [0.29, 0.717) is 5.69 Å². The third-order valence-corrected chi connectivity index (χ3v) is 3.19. The fraction of sp³-hybridized carbons (Fsp3) is 0.357. The first-order valence-electron chi connectivity index (χ1n) is 5.89. The van der Waals surface area contributed by atoms with Crippen molar-refractivity contribution >= 4 is 16.9 Å². The highest BCUT2D eigenvalue weighted by molar-refractivity contribution is 5.99. The van der Waals surface area contributed by atoms with Crippen LogP contribution in [0.25, 0.3) is 10.9 Å². The largest absolute Gasteiger partial charge is 0.477 e. The molecule has 0 saturated carbocycles. The number of fused-ring (bicyclic) bond motifs is 1. The number of carboxylic acid groups (broad SMARTS) is 1. The molecule has 3 heteroatoms. The molecule has 2 aromatic rings. The Morgan fingerprint density at radius 1 is 1.35 bits per heavy atom. The van der Waals surface area contributed by atoms with E-state index in [0.717, 1.165) is 35.0 Å². The second-order valence-corrected chi connectivity index (χ2v) is 4.40. The summed E-state index contributed by atoms with van der Waals surface area (Å²) < 4.78 is 1.93. The maximum Gasteiger partial charge on any atom is 0.352 e. The van der Waals surface area contributed by atoms with Gasteiger partial charge in [-0.15, -0.1) is 0 Å². The Morgan fingerprint density at radius 3 is 2.65 bits per heavy atom. The van der Waals surface area contributed by atoms with Crippen LogP contribution in [0.3, 0.4) is 0 Å². The molecule has 1 N–H and O–H groups in total. The van der Waals surface area contributed by atoms with Crippen LogP contribution in [0.1, 0.15) is 35.0 Å². The summed E-state index contributed by atoms with van der Waals surface area (Å²) in [6.07, 6.45) is 0.928. The molecule has 0 amide bonds. The van der Waals surface area contributed by atoms with Crippen molar-refractivity contribution in [3.05, 3.63) is 35.0 Å². The fourth-order valence-corrected chi connectivity index (χ4v) is 2.48. The lowest BCUT2D eigenvalue weighted by Gasteiger charge is -2.08. The SMILES string of the molecule is CCCn1c(C(=O)O)c(C)c2cccc(C)c21. The van der Waals surface area contributed by atoms with Crippen molar-refractivity contribution in [1.29, 1.82) is 0 Å². The third kappa shape index (κ3) is 1.71. The number of aromatic carboxylic acids is 1. The van der Waals surface area contributed by atoms with E-state index < -0.39 is 5.97 Å². The molecule has 0 saturated heterocycles. The minimum atomic E-state index is -0.841. The van der Waals surface area contributed by atoms with Crippen LogP contribution in [0.15, 0.2) is 18.2 Å².